The number of halogens is 1. The molecule has 0 atom stereocenters. The Morgan fingerprint density at radius 3 is 2.67 bits per heavy atom. The summed E-state index contributed by atoms with van der Waals surface area (Å²) in [5.74, 6) is 0.554. The molecule has 0 saturated heterocycles. The lowest BCUT2D eigenvalue weighted by molar-refractivity contribution is 0.855. The molecule has 0 amide bonds. The van der Waals surface area contributed by atoms with Gasteiger partial charge in [-0.1, -0.05) is 29.8 Å². The second kappa shape index (κ2) is 5.41. The van der Waals surface area contributed by atoms with Crippen LogP contribution >= 0.6 is 11.6 Å². The zero-order chi connectivity index (χ0) is 11.3. The fraction of sp³-hybridized carbons (Fsp3) is 0.182. The highest BCUT2D eigenvalue weighted by atomic mass is 35.5. The van der Waals surface area contributed by atoms with Crippen LogP contribution in [-0.2, 0) is 0 Å². The van der Waals surface area contributed by atoms with Crippen LogP contribution in [0.25, 0.3) is 0 Å². The zero-order valence-electron chi connectivity index (χ0n) is 8.79. The maximum Gasteiger partial charge on any atom is 0.115 e. The Morgan fingerprint density at radius 1 is 1.40 bits per heavy atom. The minimum absolute atomic E-state index is 0.554. The highest BCUT2D eigenvalue weighted by Gasteiger charge is 1.94. The van der Waals surface area contributed by atoms with E-state index >= 15 is 0 Å². The minimum Gasteiger partial charge on any atom is -0.384 e. The second-order valence-corrected chi connectivity index (χ2v) is 3.71. The number of benzene rings is 1. The molecule has 0 spiro atoms. The van der Waals surface area contributed by atoms with Crippen LogP contribution in [0.15, 0.2) is 40.8 Å². The Morgan fingerprint density at radius 2 is 2.07 bits per heavy atom. The third-order valence-corrected chi connectivity index (χ3v) is 2.18. The topological polar surface area (TPSA) is 50.4 Å². The largest absolute Gasteiger partial charge is 0.384 e. The van der Waals surface area contributed by atoms with Crippen LogP contribution in [0, 0.1) is 0 Å². The number of allylic oxidation sites excluding steroid dienone is 1. The van der Waals surface area contributed by atoms with E-state index in [4.69, 9.17) is 17.3 Å². The normalized spacial score (nSPS) is 10.3. The summed E-state index contributed by atoms with van der Waals surface area (Å²) in [7, 11) is 0. The molecule has 0 heterocycles. The fourth-order valence-corrected chi connectivity index (χ4v) is 1.05. The van der Waals surface area contributed by atoms with Crippen molar-refractivity contribution in [3.8, 4) is 0 Å². The van der Waals surface area contributed by atoms with Crippen molar-refractivity contribution in [2.24, 2.45) is 10.8 Å². The molecule has 0 fully saturated rings. The molecule has 0 aromatic heterocycles. The van der Waals surface area contributed by atoms with Gasteiger partial charge in [0.05, 0.1) is 6.21 Å². The van der Waals surface area contributed by atoms with Crippen LogP contribution in [0.3, 0.4) is 0 Å². The Kier molecular flexibility index (Phi) is 4.18. The first-order valence-electron chi connectivity index (χ1n) is 4.58. The highest BCUT2D eigenvalue weighted by Crippen LogP contribution is 2.11. The Labute approximate surface area is 94.6 Å². The van der Waals surface area contributed by atoms with Gasteiger partial charge >= 0.3 is 0 Å². The van der Waals surface area contributed by atoms with Gasteiger partial charge in [0, 0.05) is 10.6 Å². The number of nitrogens with one attached hydrogen (secondary N) is 1. The average molecular weight is 224 g/mol. The van der Waals surface area contributed by atoms with Crippen molar-refractivity contribution in [2.45, 2.75) is 13.8 Å². The molecule has 0 aliphatic heterocycles. The summed E-state index contributed by atoms with van der Waals surface area (Å²) in [6, 6.07) is 7.47. The van der Waals surface area contributed by atoms with Gasteiger partial charge in [0.25, 0.3) is 0 Å². The molecular formula is C11H14ClN3. The summed E-state index contributed by atoms with van der Waals surface area (Å²) in [5.41, 5.74) is 10.2. The van der Waals surface area contributed by atoms with E-state index in [1.165, 1.54) is 0 Å². The van der Waals surface area contributed by atoms with E-state index in [1.807, 2.05) is 38.1 Å². The standard InChI is InChI=1S/C11H14ClN3/c1-8(2)11(13)15-14-7-9-5-3-4-6-10(9)12/h3-7,15H,13H2,1-2H3/b14-7+. The molecule has 3 nitrogen and oxygen atoms in total. The number of hydrogen-bond acceptors (Lipinski definition) is 3. The molecule has 80 valence electrons. The number of nitrogens with two attached hydrogens (primary N) is 1. The van der Waals surface area contributed by atoms with Crippen molar-refractivity contribution in [3.63, 3.8) is 0 Å². The molecule has 4 heteroatoms. The lowest BCUT2D eigenvalue weighted by Crippen LogP contribution is -2.15. The van der Waals surface area contributed by atoms with E-state index in [2.05, 4.69) is 10.5 Å². The van der Waals surface area contributed by atoms with E-state index in [0.29, 0.717) is 10.8 Å². The molecule has 15 heavy (non-hydrogen) atoms. The Hall–Kier alpha value is -1.48. The van der Waals surface area contributed by atoms with Gasteiger partial charge in [-0.05, 0) is 25.5 Å². The van der Waals surface area contributed by atoms with Crippen LogP contribution in [-0.4, -0.2) is 6.21 Å². The smallest absolute Gasteiger partial charge is 0.115 e. The van der Waals surface area contributed by atoms with Gasteiger partial charge in [0.15, 0.2) is 0 Å². The number of nitrogens with zero attached hydrogens (tertiary/aromatic N) is 1. The summed E-state index contributed by atoms with van der Waals surface area (Å²) in [6.45, 7) is 3.82. The minimum atomic E-state index is 0.554. The zero-order valence-corrected chi connectivity index (χ0v) is 9.55. The van der Waals surface area contributed by atoms with Crippen LogP contribution in [0.4, 0.5) is 0 Å². The van der Waals surface area contributed by atoms with Crippen LogP contribution < -0.4 is 11.2 Å². The number of rotatable bonds is 3. The van der Waals surface area contributed by atoms with Crippen molar-refractivity contribution in [3.05, 3.63) is 46.2 Å². The van der Waals surface area contributed by atoms with Crippen molar-refractivity contribution >= 4 is 17.8 Å². The van der Waals surface area contributed by atoms with Crippen LogP contribution in [0.2, 0.25) is 5.02 Å². The van der Waals surface area contributed by atoms with Gasteiger partial charge in [-0.3, -0.25) is 5.43 Å². The van der Waals surface area contributed by atoms with Gasteiger partial charge in [-0.25, -0.2) is 0 Å². The third-order valence-electron chi connectivity index (χ3n) is 1.83. The Bertz CT molecular complexity index is 393. The lowest BCUT2D eigenvalue weighted by Gasteiger charge is -2.01. The van der Waals surface area contributed by atoms with E-state index in [0.717, 1.165) is 11.1 Å². The molecule has 0 radical (unpaired) electrons. The summed E-state index contributed by atoms with van der Waals surface area (Å²) in [6.07, 6.45) is 1.64. The van der Waals surface area contributed by atoms with E-state index in [1.54, 1.807) is 6.21 Å². The summed E-state index contributed by atoms with van der Waals surface area (Å²) < 4.78 is 0. The third kappa shape index (κ3) is 3.64. The van der Waals surface area contributed by atoms with E-state index < -0.39 is 0 Å². The quantitative estimate of drug-likeness (QED) is 0.611. The molecule has 1 rings (SSSR count). The first kappa shape index (κ1) is 11.6. The SMILES string of the molecule is CC(C)=C(N)N/N=C/c1ccccc1Cl. The van der Waals surface area contributed by atoms with Gasteiger partial charge in [0.2, 0.25) is 0 Å². The molecular weight excluding hydrogens is 210 g/mol. The maximum absolute atomic E-state index is 5.94. The first-order valence-corrected chi connectivity index (χ1v) is 4.95. The van der Waals surface area contributed by atoms with Gasteiger partial charge < -0.3 is 5.73 Å². The van der Waals surface area contributed by atoms with E-state index in [9.17, 15) is 0 Å². The fourth-order valence-electron chi connectivity index (χ4n) is 0.863. The molecule has 1 aromatic carbocycles. The second-order valence-electron chi connectivity index (χ2n) is 3.31. The maximum atomic E-state index is 5.94. The highest BCUT2D eigenvalue weighted by molar-refractivity contribution is 6.33. The number of hydrogen-bond donors (Lipinski definition) is 2. The van der Waals surface area contributed by atoms with Gasteiger partial charge in [-0.2, -0.15) is 5.10 Å². The molecule has 0 saturated carbocycles. The molecule has 1 aromatic rings. The predicted molar refractivity (Wildman–Crippen MR) is 64.7 cm³/mol. The first-order chi connectivity index (χ1) is 7.11. The average Bonchev–Trinajstić information content (AvgIpc) is 2.20. The van der Waals surface area contributed by atoms with Gasteiger partial charge in [-0.15, -0.1) is 0 Å². The van der Waals surface area contributed by atoms with Crippen molar-refractivity contribution < 1.29 is 0 Å². The van der Waals surface area contributed by atoms with E-state index in [-0.39, 0.29) is 0 Å². The number of hydrazone groups is 1. The summed E-state index contributed by atoms with van der Waals surface area (Å²) >= 11 is 5.94. The van der Waals surface area contributed by atoms with Crippen molar-refractivity contribution in [2.75, 3.05) is 0 Å². The lowest BCUT2D eigenvalue weighted by atomic mass is 10.2. The van der Waals surface area contributed by atoms with Crippen molar-refractivity contribution in [1.29, 1.82) is 0 Å². The molecule has 3 N–H and O–H groups in total. The molecule has 0 unspecified atom stereocenters. The molecule has 0 bridgehead atoms. The molecule has 0 aliphatic rings. The van der Waals surface area contributed by atoms with Crippen molar-refractivity contribution in [1.82, 2.24) is 5.43 Å². The predicted octanol–water partition coefficient (Wildman–Crippen LogP) is 2.47. The monoisotopic (exact) mass is 223 g/mol. The Balaban J connectivity index is 2.68. The van der Waals surface area contributed by atoms with Gasteiger partial charge in [0.1, 0.15) is 5.82 Å². The summed E-state index contributed by atoms with van der Waals surface area (Å²) in [5, 5.41) is 4.65. The summed E-state index contributed by atoms with van der Waals surface area (Å²) in [4.78, 5) is 0. The molecule has 0 aliphatic carbocycles. The van der Waals surface area contributed by atoms with Crippen LogP contribution in [0.1, 0.15) is 19.4 Å². The van der Waals surface area contributed by atoms with Crippen LogP contribution in [0.5, 0.6) is 0 Å².